The predicted octanol–water partition coefficient (Wildman–Crippen LogP) is 2.31. The van der Waals surface area contributed by atoms with Crippen molar-refractivity contribution in [2.24, 2.45) is 5.41 Å². The first-order chi connectivity index (χ1) is 13.2. The Morgan fingerprint density at radius 1 is 1.18 bits per heavy atom. The van der Waals surface area contributed by atoms with E-state index in [0.29, 0.717) is 19.4 Å². The molecule has 0 aliphatic rings. The van der Waals surface area contributed by atoms with Crippen LogP contribution in [0.3, 0.4) is 0 Å². The number of carbonyl (C=O) groups is 3. The molecule has 0 saturated carbocycles. The molecule has 3 N–H and O–H groups in total. The van der Waals surface area contributed by atoms with Crippen molar-refractivity contribution < 1.29 is 19.1 Å². The highest BCUT2D eigenvalue weighted by molar-refractivity contribution is 5.87. The van der Waals surface area contributed by atoms with Crippen LogP contribution in [0.5, 0.6) is 0 Å². The van der Waals surface area contributed by atoms with Gasteiger partial charge in [0.25, 0.3) is 0 Å². The van der Waals surface area contributed by atoms with Crippen LogP contribution in [0.4, 0.5) is 0 Å². The largest absolute Gasteiger partial charge is 0.467 e. The van der Waals surface area contributed by atoms with Gasteiger partial charge < -0.3 is 20.4 Å². The molecule has 2 rings (SSSR count). The first kappa shape index (κ1) is 21.5. The highest BCUT2D eigenvalue weighted by atomic mass is 16.5. The monoisotopic (exact) mass is 387 g/mol. The van der Waals surface area contributed by atoms with Gasteiger partial charge in [-0.05, 0) is 18.1 Å². The normalized spacial score (nSPS) is 12.4. The Hall–Kier alpha value is -2.83. The van der Waals surface area contributed by atoms with Gasteiger partial charge in [0.2, 0.25) is 11.8 Å². The summed E-state index contributed by atoms with van der Waals surface area (Å²) in [6, 6.07) is 7.02. The van der Waals surface area contributed by atoms with E-state index in [1.54, 1.807) is 0 Å². The molecule has 7 heteroatoms. The van der Waals surface area contributed by atoms with Crippen LogP contribution < -0.4 is 10.6 Å². The van der Waals surface area contributed by atoms with Crippen LogP contribution in [0.1, 0.15) is 39.2 Å². The van der Waals surface area contributed by atoms with E-state index < -0.39 is 17.4 Å². The molecule has 1 aromatic heterocycles. The van der Waals surface area contributed by atoms with E-state index in [0.717, 1.165) is 16.5 Å². The third-order valence-electron chi connectivity index (χ3n) is 4.47. The van der Waals surface area contributed by atoms with Crippen molar-refractivity contribution in [1.29, 1.82) is 0 Å². The number of carbonyl (C=O) groups excluding carboxylic acids is 3. The Balaban J connectivity index is 1.90. The summed E-state index contributed by atoms with van der Waals surface area (Å²) in [5.74, 6) is -0.792. The maximum absolute atomic E-state index is 12.3. The van der Waals surface area contributed by atoms with E-state index in [9.17, 15) is 14.4 Å². The summed E-state index contributed by atoms with van der Waals surface area (Å²) < 4.78 is 4.85. The van der Waals surface area contributed by atoms with E-state index in [1.807, 2.05) is 51.2 Å². The van der Waals surface area contributed by atoms with Crippen molar-refractivity contribution in [3.63, 3.8) is 0 Å². The van der Waals surface area contributed by atoms with E-state index in [1.165, 1.54) is 7.11 Å². The van der Waals surface area contributed by atoms with Gasteiger partial charge >= 0.3 is 5.97 Å². The zero-order valence-corrected chi connectivity index (χ0v) is 16.9. The van der Waals surface area contributed by atoms with Crippen molar-refractivity contribution in [2.45, 2.75) is 46.1 Å². The second kappa shape index (κ2) is 9.39. The van der Waals surface area contributed by atoms with Gasteiger partial charge in [-0.3, -0.25) is 9.59 Å². The van der Waals surface area contributed by atoms with Crippen molar-refractivity contribution in [3.8, 4) is 0 Å². The third kappa shape index (κ3) is 5.84. The zero-order chi connectivity index (χ0) is 20.7. The van der Waals surface area contributed by atoms with Crippen molar-refractivity contribution in [3.05, 3.63) is 36.0 Å². The van der Waals surface area contributed by atoms with E-state index in [-0.39, 0.29) is 18.2 Å². The SMILES string of the molecule is COC(=O)[C@@H](Cc1c[nH]c2ccccc12)NC(=O)CCCNC(=O)C(C)(C)C. The molecule has 1 heterocycles. The Morgan fingerprint density at radius 2 is 1.89 bits per heavy atom. The molecule has 7 nitrogen and oxygen atoms in total. The van der Waals surface area contributed by atoms with E-state index in [4.69, 9.17) is 4.74 Å². The van der Waals surface area contributed by atoms with Gasteiger partial charge in [0, 0.05) is 41.9 Å². The maximum atomic E-state index is 12.3. The van der Waals surface area contributed by atoms with Crippen LogP contribution in [0, 0.1) is 5.41 Å². The molecule has 2 amide bonds. The molecule has 0 aliphatic heterocycles. The molecule has 0 radical (unpaired) electrons. The molecule has 2 aromatic rings. The fourth-order valence-corrected chi connectivity index (χ4v) is 2.84. The summed E-state index contributed by atoms with van der Waals surface area (Å²) in [5, 5.41) is 6.57. The Kier molecular flexibility index (Phi) is 7.20. The molecular formula is C21H29N3O4. The highest BCUT2D eigenvalue weighted by Crippen LogP contribution is 2.19. The average Bonchev–Trinajstić information content (AvgIpc) is 3.06. The number of aromatic amines is 1. The number of aromatic nitrogens is 1. The number of para-hydroxylation sites is 1. The van der Waals surface area contributed by atoms with E-state index >= 15 is 0 Å². The van der Waals surface area contributed by atoms with Gasteiger partial charge in [-0.25, -0.2) is 4.79 Å². The molecule has 0 unspecified atom stereocenters. The second-order valence-corrected chi connectivity index (χ2v) is 7.82. The highest BCUT2D eigenvalue weighted by Gasteiger charge is 2.23. The minimum absolute atomic E-state index is 0.0559. The first-order valence-electron chi connectivity index (χ1n) is 9.43. The minimum atomic E-state index is -0.763. The number of H-pyrrole nitrogens is 1. The van der Waals surface area contributed by atoms with Gasteiger partial charge in [0.15, 0.2) is 0 Å². The lowest BCUT2D eigenvalue weighted by Crippen LogP contribution is -2.43. The Morgan fingerprint density at radius 3 is 2.57 bits per heavy atom. The second-order valence-electron chi connectivity index (χ2n) is 7.82. The lowest BCUT2D eigenvalue weighted by atomic mass is 9.96. The maximum Gasteiger partial charge on any atom is 0.328 e. The molecule has 152 valence electrons. The molecule has 0 fully saturated rings. The van der Waals surface area contributed by atoms with Crippen molar-refractivity contribution in [2.75, 3.05) is 13.7 Å². The topological polar surface area (TPSA) is 100 Å². The lowest BCUT2D eigenvalue weighted by molar-refractivity contribution is -0.145. The smallest absolute Gasteiger partial charge is 0.328 e. The van der Waals surface area contributed by atoms with Crippen LogP contribution in [-0.2, 0) is 25.5 Å². The zero-order valence-electron chi connectivity index (χ0n) is 16.9. The van der Waals surface area contributed by atoms with Crippen molar-refractivity contribution >= 4 is 28.7 Å². The van der Waals surface area contributed by atoms with Gasteiger partial charge in [0.05, 0.1) is 7.11 Å². The molecule has 0 aliphatic carbocycles. The van der Waals surface area contributed by atoms with Crippen LogP contribution >= 0.6 is 0 Å². The first-order valence-corrected chi connectivity index (χ1v) is 9.43. The molecule has 28 heavy (non-hydrogen) atoms. The summed E-state index contributed by atoms with van der Waals surface area (Å²) in [5.41, 5.74) is 1.45. The number of methoxy groups -OCH3 is 1. The molecular weight excluding hydrogens is 358 g/mol. The standard InChI is InChI=1S/C21H29N3O4/c1-21(2,3)20(27)22-11-7-10-18(25)24-17(19(26)28-4)12-14-13-23-16-9-6-5-8-15(14)16/h5-6,8-9,13,17,23H,7,10-12H2,1-4H3,(H,22,27)(H,24,25)/t17-/m1/s1. The molecule has 1 aromatic carbocycles. The Bertz CT molecular complexity index is 836. The van der Waals surface area contributed by atoms with Crippen LogP contribution in [0.15, 0.2) is 30.5 Å². The molecule has 1 atom stereocenters. The van der Waals surface area contributed by atoms with Gasteiger partial charge in [0.1, 0.15) is 6.04 Å². The number of rotatable bonds is 8. The number of esters is 1. The Labute approximate surface area is 165 Å². The number of amides is 2. The lowest BCUT2D eigenvalue weighted by Gasteiger charge is -2.18. The summed E-state index contributed by atoms with van der Waals surface area (Å²) in [4.78, 5) is 39.4. The van der Waals surface area contributed by atoms with Crippen LogP contribution in [-0.4, -0.2) is 42.5 Å². The summed E-state index contributed by atoms with van der Waals surface area (Å²) in [6.07, 6.45) is 2.89. The van der Waals surface area contributed by atoms with Gasteiger partial charge in [-0.2, -0.15) is 0 Å². The van der Waals surface area contributed by atoms with Crippen LogP contribution in [0.2, 0.25) is 0 Å². The number of fused-ring (bicyclic) bond motifs is 1. The number of benzene rings is 1. The van der Waals surface area contributed by atoms with Crippen LogP contribution in [0.25, 0.3) is 10.9 Å². The number of hydrogen-bond acceptors (Lipinski definition) is 4. The number of nitrogens with one attached hydrogen (secondary N) is 3. The third-order valence-corrected chi connectivity index (χ3v) is 4.47. The number of hydrogen-bond donors (Lipinski definition) is 3. The van der Waals surface area contributed by atoms with Gasteiger partial charge in [-0.1, -0.05) is 39.0 Å². The fourth-order valence-electron chi connectivity index (χ4n) is 2.84. The quantitative estimate of drug-likeness (QED) is 0.478. The van der Waals surface area contributed by atoms with E-state index in [2.05, 4.69) is 15.6 Å². The predicted molar refractivity (Wildman–Crippen MR) is 108 cm³/mol. The minimum Gasteiger partial charge on any atom is -0.467 e. The average molecular weight is 387 g/mol. The van der Waals surface area contributed by atoms with Gasteiger partial charge in [-0.15, -0.1) is 0 Å². The van der Waals surface area contributed by atoms with Crippen molar-refractivity contribution in [1.82, 2.24) is 15.6 Å². The molecule has 0 saturated heterocycles. The molecule has 0 spiro atoms. The summed E-state index contributed by atoms with van der Waals surface area (Å²) in [6.45, 7) is 5.91. The molecule has 0 bridgehead atoms. The summed E-state index contributed by atoms with van der Waals surface area (Å²) in [7, 11) is 1.30. The number of ether oxygens (including phenoxy) is 1. The fraction of sp³-hybridized carbons (Fsp3) is 0.476. The summed E-state index contributed by atoms with van der Waals surface area (Å²) >= 11 is 0.